The number of benzene rings is 3. The summed E-state index contributed by atoms with van der Waals surface area (Å²) in [6.45, 7) is 3.41. The molecule has 0 aliphatic carbocycles. The molecule has 3 rings (SSSR count). The van der Waals surface area contributed by atoms with Crippen LogP contribution in [-0.4, -0.2) is 25.2 Å². The van der Waals surface area contributed by atoms with Crippen molar-refractivity contribution in [1.29, 1.82) is 0 Å². The summed E-state index contributed by atoms with van der Waals surface area (Å²) in [7, 11) is -3.93. The van der Waals surface area contributed by atoms with Gasteiger partial charge in [0.05, 0.1) is 17.5 Å². The second kappa shape index (κ2) is 10.4. The second-order valence-corrected chi connectivity index (χ2v) is 10.4. The van der Waals surface area contributed by atoms with E-state index in [1.54, 1.807) is 31.2 Å². The Kier molecular flexibility index (Phi) is 7.82. The maximum atomic E-state index is 13.3. The molecule has 1 atom stereocenters. The zero-order valence-electron chi connectivity index (χ0n) is 17.8. The summed E-state index contributed by atoms with van der Waals surface area (Å²) in [5.74, 6) is -0.813. The fraction of sp³-hybridized carbons (Fsp3) is 0.208. The number of aryl methyl sites for hydroxylation is 1. The molecule has 168 valence electrons. The van der Waals surface area contributed by atoms with Crippen LogP contribution in [0.4, 0.5) is 4.39 Å². The van der Waals surface area contributed by atoms with Gasteiger partial charge >= 0.3 is 0 Å². The lowest BCUT2D eigenvalue weighted by molar-refractivity contribution is -0.122. The van der Waals surface area contributed by atoms with E-state index in [-0.39, 0.29) is 23.8 Å². The summed E-state index contributed by atoms with van der Waals surface area (Å²) in [5.41, 5.74) is 2.55. The van der Waals surface area contributed by atoms with Gasteiger partial charge in [-0.25, -0.2) is 12.8 Å². The predicted octanol–water partition coefficient (Wildman–Crippen LogP) is 4.96. The Morgan fingerprint density at radius 3 is 2.19 bits per heavy atom. The molecule has 0 saturated carbocycles. The fourth-order valence-corrected chi connectivity index (χ4v) is 4.81. The summed E-state index contributed by atoms with van der Waals surface area (Å²) in [5, 5.41) is 2.80. The average Bonchev–Trinajstić information content (AvgIpc) is 2.75. The summed E-state index contributed by atoms with van der Waals surface area (Å²) < 4.78 is 41.8. The summed E-state index contributed by atoms with van der Waals surface area (Å²) in [6, 6.07) is 19.2. The molecule has 3 aromatic rings. The van der Waals surface area contributed by atoms with Crippen molar-refractivity contribution in [2.24, 2.45) is 0 Å². The minimum Gasteiger partial charge on any atom is -0.348 e. The van der Waals surface area contributed by atoms with Crippen molar-refractivity contribution < 1.29 is 17.6 Å². The zero-order valence-corrected chi connectivity index (χ0v) is 20.2. The van der Waals surface area contributed by atoms with E-state index in [9.17, 15) is 17.6 Å². The number of nitrogens with one attached hydrogen (secondary N) is 1. The summed E-state index contributed by atoms with van der Waals surface area (Å²) in [6.07, 6.45) is 0. The van der Waals surface area contributed by atoms with E-state index in [1.807, 2.05) is 31.2 Å². The third-order valence-corrected chi connectivity index (χ3v) is 7.33. The molecule has 0 heterocycles. The van der Waals surface area contributed by atoms with Crippen LogP contribution in [-0.2, 0) is 21.4 Å². The van der Waals surface area contributed by atoms with Crippen molar-refractivity contribution in [3.05, 3.63) is 99.8 Å². The molecule has 1 amide bonds. The second-order valence-electron chi connectivity index (χ2n) is 7.55. The van der Waals surface area contributed by atoms with Crippen LogP contribution in [0.1, 0.15) is 29.7 Å². The zero-order chi connectivity index (χ0) is 23.3. The van der Waals surface area contributed by atoms with Crippen LogP contribution in [0.3, 0.4) is 0 Å². The van der Waals surface area contributed by atoms with Crippen LogP contribution >= 0.6 is 15.9 Å². The maximum absolute atomic E-state index is 13.3. The number of hydrogen-bond donors (Lipinski definition) is 1. The Bertz CT molecular complexity index is 1170. The molecule has 1 N–H and O–H groups in total. The molecule has 0 fully saturated rings. The van der Waals surface area contributed by atoms with Gasteiger partial charge in [-0.15, -0.1) is 0 Å². The number of rotatable bonds is 8. The van der Waals surface area contributed by atoms with Crippen molar-refractivity contribution in [2.45, 2.75) is 31.3 Å². The largest absolute Gasteiger partial charge is 0.348 e. The molecule has 0 spiro atoms. The minimum absolute atomic E-state index is 0.0526. The Hall–Kier alpha value is -2.55. The SMILES string of the molecule is Cc1ccc(CN(CC(=O)NC(C)c2ccc(F)cc2)S(=O)(=O)c2ccc(Br)cc2)cc1. The highest BCUT2D eigenvalue weighted by Crippen LogP contribution is 2.21. The molecule has 0 saturated heterocycles. The number of carbonyl (C=O) groups excluding carboxylic acids is 1. The lowest BCUT2D eigenvalue weighted by atomic mass is 10.1. The van der Waals surface area contributed by atoms with Gasteiger partial charge in [0.1, 0.15) is 5.82 Å². The highest BCUT2D eigenvalue weighted by molar-refractivity contribution is 9.10. The monoisotopic (exact) mass is 518 g/mol. The van der Waals surface area contributed by atoms with E-state index in [1.165, 1.54) is 24.3 Å². The maximum Gasteiger partial charge on any atom is 0.243 e. The van der Waals surface area contributed by atoms with Gasteiger partial charge in [-0.1, -0.05) is 57.9 Å². The standard InChI is InChI=1S/C24H24BrFN2O3S/c1-17-3-5-19(6-4-17)15-28(32(30,31)23-13-9-21(25)10-14-23)16-24(29)27-18(2)20-7-11-22(26)12-8-20/h3-14,18H,15-16H2,1-2H3,(H,27,29). The smallest absolute Gasteiger partial charge is 0.243 e. The first kappa shape index (κ1) is 24.1. The molecule has 0 aliphatic rings. The van der Waals surface area contributed by atoms with Crippen LogP contribution in [0.5, 0.6) is 0 Å². The topological polar surface area (TPSA) is 66.5 Å². The molecule has 1 unspecified atom stereocenters. The van der Waals surface area contributed by atoms with E-state index in [4.69, 9.17) is 0 Å². The number of nitrogens with zero attached hydrogens (tertiary/aromatic N) is 1. The average molecular weight is 519 g/mol. The van der Waals surface area contributed by atoms with E-state index in [0.717, 1.165) is 25.5 Å². The van der Waals surface area contributed by atoms with Crippen molar-refractivity contribution in [3.63, 3.8) is 0 Å². The van der Waals surface area contributed by atoms with Gasteiger partial charge in [0.15, 0.2) is 0 Å². The lowest BCUT2D eigenvalue weighted by Crippen LogP contribution is -2.41. The predicted molar refractivity (Wildman–Crippen MR) is 126 cm³/mol. The van der Waals surface area contributed by atoms with Crippen molar-refractivity contribution >= 4 is 31.9 Å². The number of carbonyl (C=O) groups is 1. The van der Waals surface area contributed by atoms with Crippen LogP contribution in [0, 0.1) is 12.7 Å². The highest BCUT2D eigenvalue weighted by Gasteiger charge is 2.27. The number of hydrogen-bond acceptors (Lipinski definition) is 3. The van der Waals surface area contributed by atoms with Crippen LogP contribution in [0.15, 0.2) is 82.2 Å². The third kappa shape index (κ3) is 6.25. The third-order valence-electron chi connectivity index (χ3n) is 5.00. The molecule has 0 radical (unpaired) electrons. The Balaban J connectivity index is 1.82. The van der Waals surface area contributed by atoms with E-state index in [2.05, 4.69) is 21.2 Å². The summed E-state index contributed by atoms with van der Waals surface area (Å²) >= 11 is 3.31. The Morgan fingerprint density at radius 2 is 1.59 bits per heavy atom. The molecule has 5 nitrogen and oxygen atoms in total. The molecule has 0 aliphatic heterocycles. The van der Waals surface area contributed by atoms with Gasteiger partial charge in [-0.3, -0.25) is 4.79 Å². The van der Waals surface area contributed by atoms with Gasteiger partial charge < -0.3 is 5.32 Å². The van der Waals surface area contributed by atoms with E-state index < -0.39 is 22.0 Å². The van der Waals surface area contributed by atoms with Gasteiger partial charge in [0.25, 0.3) is 0 Å². The van der Waals surface area contributed by atoms with Crippen molar-refractivity contribution in [2.75, 3.05) is 6.54 Å². The van der Waals surface area contributed by atoms with Gasteiger partial charge in [-0.2, -0.15) is 4.31 Å². The quantitative estimate of drug-likeness (QED) is 0.458. The van der Waals surface area contributed by atoms with E-state index >= 15 is 0 Å². The normalized spacial score (nSPS) is 12.5. The Morgan fingerprint density at radius 1 is 1.00 bits per heavy atom. The fourth-order valence-electron chi connectivity index (χ4n) is 3.16. The molecule has 0 aromatic heterocycles. The van der Waals surface area contributed by atoms with Crippen LogP contribution in [0.2, 0.25) is 0 Å². The molecule has 3 aromatic carbocycles. The van der Waals surface area contributed by atoms with Gasteiger partial charge in [-0.05, 0) is 61.4 Å². The number of sulfonamides is 1. The minimum atomic E-state index is -3.93. The van der Waals surface area contributed by atoms with Gasteiger partial charge in [0, 0.05) is 11.0 Å². The number of amides is 1. The van der Waals surface area contributed by atoms with Crippen molar-refractivity contribution in [3.8, 4) is 0 Å². The Labute approximate surface area is 196 Å². The first-order valence-corrected chi connectivity index (χ1v) is 12.2. The molecule has 8 heteroatoms. The molecule has 0 bridgehead atoms. The van der Waals surface area contributed by atoms with Crippen LogP contribution < -0.4 is 5.32 Å². The molecule has 32 heavy (non-hydrogen) atoms. The molecular weight excluding hydrogens is 495 g/mol. The first-order chi connectivity index (χ1) is 15.1. The lowest BCUT2D eigenvalue weighted by Gasteiger charge is -2.23. The van der Waals surface area contributed by atoms with E-state index in [0.29, 0.717) is 0 Å². The van der Waals surface area contributed by atoms with Crippen LogP contribution in [0.25, 0.3) is 0 Å². The number of halogens is 2. The first-order valence-electron chi connectivity index (χ1n) is 10.0. The van der Waals surface area contributed by atoms with Gasteiger partial charge in [0.2, 0.25) is 15.9 Å². The van der Waals surface area contributed by atoms with Crippen molar-refractivity contribution in [1.82, 2.24) is 9.62 Å². The summed E-state index contributed by atoms with van der Waals surface area (Å²) in [4.78, 5) is 12.9. The highest BCUT2D eigenvalue weighted by atomic mass is 79.9. The molecular formula is C24H24BrFN2O3S.